The predicted molar refractivity (Wildman–Crippen MR) is 91.2 cm³/mol. The third-order valence-electron chi connectivity index (χ3n) is 3.69. The quantitative estimate of drug-likeness (QED) is 0.815. The molecule has 26 heavy (non-hydrogen) atoms. The number of hydrogen-bond donors (Lipinski definition) is 2. The Labute approximate surface area is 149 Å². The minimum Gasteiger partial charge on any atom is -0.478 e. The number of nitrogens with one attached hydrogen (secondary N) is 2. The Morgan fingerprint density at radius 1 is 1.35 bits per heavy atom. The maximum atomic E-state index is 12.5. The molecule has 1 atom stereocenters. The molecule has 2 aromatic rings. The van der Waals surface area contributed by atoms with Crippen LogP contribution in [0.4, 0.5) is 5.69 Å². The number of benzene rings is 1. The molecular formula is C16H16N4O5S. The van der Waals surface area contributed by atoms with Gasteiger partial charge in [0, 0.05) is 6.20 Å². The van der Waals surface area contributed by atoms with Gasteiger partial charge in [-0.2, -0.15) is 0 Å². The number of carbonyl (C=O) groups excluding carboxylic acids is 2. The molecule has 136 valence electrons. The molecule has 2 N–H and O–H groups in total. The summed E-state index contributed by atoms with van der Waals surface area (Å²) in [6.45, 7) is 3.39. The average molecular weight is 376 g/mol. The Morgan fingerprint density at radius 2 is 2.12 bits per heavy atom. The zero-order valence-corrected chi connectivity index (χ0v) is 14.8. The molecule has 1 aliphatic heterocycles. The molecule has 3 rings (SSSR count). The minimum atomic E-state index is -4.16. The van der Waals surface area contributed by atoms with Gasteiger partial charge in [-0.1, -0.05) is 6.92 Å². The summed E-state index contributed by atoms with van der Waals surface area (Å²) in [5.41, 5.74) is 0.161. The number of hydrogen-bond acceptors (Lipinski definition) is 7. The second kappa shape index (κ2) is 6.71. The molecule has 1 aliphatic rings. The monoisotopic (exact) mass is 376 g/mol. The topological polar surface area (TPSA) is 127 Å². The van der Waals surface area contributed by atoms with Crippen LogP contribution in [0.25, 0.3) is 0 Å². The summed E-state index contributed by atoms with van der Waals surface area (Å²) in [5, 5.41) is 2.60. The van der Waals surface area contributed by atoms with E-state index in [-0.39, 0.29) is 22.2 Å². The van der Waals surface area contributed by atoms with Crippen LogP contribution in [0.1, 0.15) is 29.7 Å². The van der Waals surface area contributed by atoms with E-state index >= 15 is 0 Å². The number of anilines is 1. The van der Waals surface area contributed by atoms with Crippen LogP contribution in [0.15, 0.2) is 35.4 Å². The van der Waals surface area contributed by atoms with Gasteiger partial charge in [-0.15, -0.1) is 0 Å². The number of fused-ring (bicyclic) bond motifs is 1. The number of amides is 2. The average Bonchev–Trinajstić information content (AvgIpc) is 2.60. The van der Waals surface area contributed by atoms with Crippen LogP contribution in [0.2, 0.25) is 0 Å². The van der Waals surface area contributed by atoms with Crippen molar-refractivity contribution in [3.8, 4) is 5.75 Å². The fourth-order valence-electron chi connectivity index (χ4n) is 2.38. The molecule has 0 radical (unpaired) electrons. The van der Waals surface area contributed by atoms with Gasteiger partial charge < -0.3 is 10.1 Å². The van der Waals surface area contributed by atoms with E-state index in [1.54, 1.807) is 13.8 Å². The molecule has 2 amide bonds. The molecule has 0 spiro atoms. The van der Waals surface area contributed by atoms with Crippen molar-refractivity contribution in [1.82, 2.24) is 14.7 Å². The van der Waals surface area contributed by atoms with E-state index in [1.165, 1.54) is 30.5 Å². The lowest BCUT2D eigenvalue weighted by Crippen LogP contribution is -2.36. The van der Waals surface area contributed by atoms with Gasteiger partial charge in [0.1, 0.15) is 17.3 Å². The summed E-state index contributed by atoms with van der Waals surface area (Å²) in [7, 11) is -4.16. The van der Waals surface area contributed by atoms with Gasteiger partial charge in [0.25, 0.3) is 21.8 Å². The zero-order valence-electron chi connectivity index (χ0n) is 14.0. The van der Waals surface area contributed by atoms with Crippen molar-refractivity contribution in [2.75, 3.05) is 5.32 Å². The van der Waals surface area contributed by atoms with Gasteiger partial charge in [-0.05, 0) is 37.6 Å². The Morgan fingerprint density at radius 3 is 2.81 bits per heavy atom. The Kier molecular flexibility index (Phi) is 4.60. The van der Waals surface area contributed by atoms with E-state index in [9.17, 15) is 18.0 Å². The van der Waals surface area contributed by atoms with Crippen LogP contribution in [-0.4, -0.2) is 36.3 Å². The number of aryl methyl sites for hydroxylation is 1. The molecule has 10 heteroatoms. The van der Waals surface area contributed by atoms with E-state index in [1.807, 2.05) is 4.72 Å². The second-order valence-corrected chi connectivity index (χ2v) is 7.27. The molecule has 0 bridgehead atoms. The van der Waals surface area contributed by atoms with E-state index in [0.717, 1.165) is 0 Å². The number of nitrogens with zero attached hydrogens (tertiary/aromatic N) is 2. The van der Waals surface area contributed by atoms with Gasteiger partial charge in [0.15, 0.2) is 6.10 Å². The highest BCUT2D eigenvalue weighted by molar-refractivity contribution is 7.90. The maximum Gasteiger partial charge on any atom is 0.283 e. The van der Waals surface area contributed by atoms with Crippen LogP contribution in [-0.2, 0) is 14.8 Å². The molecule has 1 aromatic carbocycles. The van der Waals surface area contributed by atoms with Gasteiger partial charge in [0.2, 0.25) is 0 Å². The Balaban J connectivity index is 1.85. The van der Waals surface area contributed by atoms with Gasteiger partial charge in [-0.3, -0.25) is 9.59 Å². The third kappa shape index (κ3) is 3.49. The van der Waals surface area contributed by atoms with Gasteiger partial charge in [0.05, 0.1) is 10.6 Å². The third-order valence-corrected chi connectivity index (χ3v) is 5.02. The van der Waals surface area contributed by atoms with Crippen molar-refractivity contribution < 1.29 is 22.7 Å². The van der Waals surface area contributed by atoms with Crippen molar-refractivity contribution in [3.63, 3.8) is 0 Å². The van der Waals surface area contributed by atoms with Crippen LogP contribution in [0.3, 0.4) is 0 Å². The molecule has 1 aromatic heterocycles. The summed E-state index contributed by atoms with van der Waals surface area (Å²) in [5.74, 6) is -0.517. The molecule has 0 aliphatic carbocycles. The first-order valence-corrected chi connectivity index (χ1v) is 9.27. The van der Waals surface area contributed by atoms with Crippen molar-refractivity contribution in [3.05, 3.63) is 42.0 Å². The molecule has 0 saturated carbocycles. The smallest absolute Gasteiger partial charge is 0.283 e. The highest BCUT2D eigenvalue weighted by atomic mass is 32.2. The van der Waals surface area contributed by atoms with Crippen molar-refractivity contribution in [1.29, 1.82) is 0 Å². The normalized spacial score (nSPS) is 16.2. The number of rotatable bonds is 4. The fourth-order valence-corrected chi connectivity index (χ4v) is 3.37. The molecule has 2 heterocycles. The molecular weight excluding hydrogens is 360 g/mol. The summed E-state index contributed by atoms with van der Waals surface area (Å²) >= 11 is 0. The van der Waals surface area contributed by atoms with E-state index in [4.69, 9.17) is 4.74 Å². The van der Waals surface area contributed by atoms with E-state index < -0.39 is 22.0 Å². The molecule has 0 saturated heterocycles. The van der Waals surface area contributed by atoms with Crippen molar-refractivity contribution in [2.24, 2.45) is 0 Å². The summed E-state index contributed by atoms with van der Waals surface area (Å²) in [6.07, 6.45) is 1.23. The second-order valence-electron chi connectivity index (χ2n) is 5.59. The number of aromatic nitrogens is 2. The molecule has 0 fully saturated rings. The summed E-state index contributed by atoms with van der Waals surface area (Å²) in [6, 6.07) is 5.28. The maximum absolute atomic E-state index is 12.5. The lowest BCUT2D eigenvalue weighted by atomic mass is 10.2. The Hall–Kier alpha value is -3.01. The first-order valence-electron chi connectivity index (χ1n) is 7.78. The zero-order chi connectivity index (χ0) is 18.9. The lowest BCUT2D eigenvalue weighted by molar-refractivity contribution is -0.123. The fraction of sp³-hybridized carbons (Fsp3) is 0.250. The highest BCUT2D eigenvalue weighted by Gasteiger charge is 2.28. The van der Waals surface area contributed by atoms with Gasteiger partial charge >= 0.3 is 0 Å². The molecule has 9 nitrogen and oxygen atoms in total. The van der Waals surface area contributed by atoms with Crippen molar-refractivity contribution >= 4 is 27.5 Å². The summed E-state index contributed by atoms with van der Waals surface area (Å²) in [4.78, 5) is 31.6. The van der Waals surface area contributed by atoms with E-state index in [2.05, 4.69) is 15.3 Å². The minimum absolute atomic E-state index is 0.0681. The number of carbonyl (C=O) groups is 2. The largest absolute Gasteiger partial charge is 0.478 e. The van der Waals surface area contributed by atoms with E-state index in [0.29, 0.717) is 18.0 Å². The van der Waals surface area contributed by atoms with Crippen LogP contribution in [0, 0.1) is 6.92 Å². The standard InChI is InChI=1S/C16H16N4O5S/c1-3-13-16(22)19-12-8-10(4-5-14(12)25-13)26(23,24)20-15(21)11-6-7-17-9(2)18-11/h4-8,13H,3H2,1-2H3,(H,19,22)(H,20,21)/t13-/m1/s1. The van der Waals surface area contributed by atoms with Crippen LogP contribution >= 0.6 is 0 Å². The molecule has 0 unspecified atom stereocenters. The summed E-state index contributed by atoms with van der Waals surface area (Å²) < 4.78 is 32.4. The first kappa shape index (κ1) is 17.8. The van der Waals surface area contributed by atoms with Crippen LogP contribution < -0.4 is 14.8 Å². The predicted octanol–water partition coefficient (Wildman–Crippen LogP) is 1.01. The van der Waals surface area contributed by atoms with Crippen LogP contribution in [0.5, 0.6) is 5.75 Å². The number of ether oxygens (including phenoxy) is 1. The Bertz CT molecular complexity index is 990. The SMILES string of the molecule is CC[C@H]1Oc2ccc(S(=O)(=O)NC(=O)c3ccnc(C)n3)cc2NC1=O. The number of sulfonamides is 1. The van der Waals surface area contributed by atoms with Crippen molar-refractivity contribution in [2.45, 2.75) is 31.3 Å². The van der Waals surface area contributed by atoms with Gasteiger partial charge in [-0.25, -0.2) is 23.1 Å². The lowest BCUT2D eigenvalue weighted by Gasteiger charge is -2.25. The highest BCUT2D eigenvalue weighted by Crippen LogP contribution is 2.32. The first-order chi connectivity index (χ1) is 12.3.